The maximum absolute atomic E-state index is 13.1. The summed E-state index contributed by atoms with van der Waals surface area (Å²) in [6.45, 7) is 4.08. The Kier molecular flexibility index (Phi) is 69.9. The number of phosphoric ester groups is 2. The van der Waals surface area contributed by atoms with Crippen LogP contribution in [0, 0.1) is 0 Å². The van der Waals surface area contributed by atoms with Gasteiger partial charge in [-0.3, -0.25) is 37.3 Å². The Morgan fingerprint density at radius 1 is 0.279 bits per heavy atom. The summed E-state index contributed by atoms with van der Waals surface area (Å²) in [6.07, 6.45) is 94.1. The average Bonchev–Trinajstić information content (AvgIpc) is 0.918. The molecule has 17 nitrogen and oxygen atoms in total. The van der Waals surface area contributed by atoms with Crippen LogP contribution in [0.3, 0.4) is 0 Å². The summed E-state index contributed by atoms with van der Waals surface area (Å²) >= 11 is 0. The van der Waals surface area contributed by atoms with Crippen LogP contribution in [-0.4, -0.2) is 96.7 Å². The third kappa shape index (κ3) is 73.7. The molecule has 0 saturated carbocycles. The molecule has 0 amide bonds. The lowest BCUT2D eigenvalue weighted by Crippen LogP contribution is -2.30. The molecule has 0 fully saturated rings. The van der Waals surface area contributed by atoms with Crippen molar-refractivity contribution in [1.29, 1.82) is 0 Å². The number of phosphoric acid groups is 2. The first kappa shape index (κ1) is 97.4. The number of carbonyl (C=O) groups is 4. The van der Waals surface area contributed by atoms with Crippen molar-refractivity contribution in [3.05, 3.63) is 219 Å². The highest BCUT2D eigenvalue weighted by Gasteiger charge is 2.30. The zero-order chi connectivity index (χ0) is 76.0. The minimum absolute atomic E-state index is 0.0114. The molecular formula is C85H130O17P2. The standard InChI is InChI=1S/C85H130O17P2/c1-5-9-13-17-21-25-29-33-37-38-39-40-44-46-50-54-58-62-66-70-83(88)96-76-81(102-85(90)72-68-64-60-56-52-48-43-36-32-28-24-20-16-12-8-4)78-100-104(93,94)98-74-79(86)73-97-103(91,92)99-77-80(101-84(89)71-67-63-59-55-51-47-42-35-31-27-23-19-15-11-7-3)75-95-82(87)69-65-61-57-53-49-45-41-34-30-26-22-18-14-10-6-2/h9-16,21-28,33-37,39-43,46,49-51,53,55,58,61-62,65,79-81,86H,5-8,17-20,29-32,38,44-45,47-48,52,54,56-57,59-60,63-64,66-78H2,1-4H3,(H,91,92)(H,93,94)/b13-9-,14-10-,15-11-,16-12-,25-21-,26-22-,27-23-,28-24-,37-33-,40-39-,41-34-,42-35-,43-36-,50-46-,53-49-,55-51-,62-58-,65-61-. The zero-order valence-electron chi connectivity index (χ0n) is 63.3. The van der Waals surface area contributed by atoms with E-state index in [0.29, 0.717) is 38.5 Å². The van der Waals surface area contributed by atoms with Crippen molar-refractivity contribution in [3.8, 4) is 0 Å². The fourth-order valence-corrected chi connectivity index (χ4v) is 10.4. The topological polar surface area (TPSA) is 237 Å². The van der Waals surface area contributed by atoms with Gasteiger partial charge in [-0.15, -0.1) is 0 Å². The van der Waals surface area contributed by atoms with Crippen molar-refractivity contribution >= 4 is 39.5 Å². The Balaban J connectivity index is 5.57. The van der Waals surface area contributed by atoms with Gasteiger partial charge in [0, 0.05) is 19.3 Å². The molecule has 0 spiro atoms. The van der Waals surface area contributed by atoms with Gasteiger partial charge in [0.15, 0.2) is 12.2 Å². The molecule has 0 bridgehead atoms. The lowest BCUT2D eigenvalue weighted by Gasteiger charge is -2.21. The highest BCUT2D eigenvalue weighted by molar-refractivity contribution is 7.47. The summed E-state index contributed by atoms with van der Waals surface area (Å²) in [5, 5.41) is 10.6. The largest absolute Gasteiger partial charge is 0.472 e. The minimum Gasteiger partial charge on any atom is -0.462 e. The zero-order valence-corrected chi connectivity index (χ0v) is 65.1. The molecule has 0 aromatic rings. The Morgan fingerprint density at radius 3 is 0.865 bits per heavy atom. The molecule has 582 valence electrons. The van der Waals surface area contributed by atoms with Crippen molar-refractivity contribution in [2.24, 2.45) is 0 Å². The first-order valence-electron chi connectivity index (χ1n) is 38.0. The molecule has 3 N–H and O–H groups in total. The quantitative estimate of drug-likeness (QED) is 0.0169. The van der Waals surface area contributed by atoms with Crippen LogP contribution in [0.2, 0.25) is 0 Å². The number of hydrogen-bond donors (Lipinski definition) is 3. The Labute approximate surface area is 626 Å². The van der Waals surface area contributed by atoms with E-state index in [1.54, 1.807) is 6.08 Å². The molecule has 0 radical (unpaired) electrons. The number of allylic oxidation sites excluding steroid dienone is 35. The van der Waals surface area contributed by atoms with Crippen LogP contribution in [-0.2, 0) is 65.4 Å². The lowest BCUT2D eigenvalue weighted by atomic mass is 10.1. The molecule has 5 unspecified atom stereocenters. The van der Waals surface area contributed by atoms with E-state index in [-0.39, 0.29) is 25.7 Å². The molecule has 0 aliphatic rings. The van der Waals surface area contributed by atoms with Gasteiger partial charge in [0.2, 0.25) is 0 Å². The van der Waals surface area contributed by atoms with Gasteiger partial charge in [-0.2, -0.15) is 0 Å². The van der Waals surface area contributed by atoms with Gasteiger partial charge in [0.1, 0.15) is 19.3 Å². The fourth-order valence-electron chi connectivity index (χ4n) is 8.85. The molecule has 0 saturated heterocycles. The molecular weight excluding hydrogens is 1350 g/mol. The van der Waals surface area contributed by atoms with Crippen LogP contribution in [0.4, 0.5) is 0 Å². The maximum atomic E-state index is 13.1. The predicted octanol–water partition coefficient (Wildman–Crippen LogP) is 22.1. The minimum atomic E-state index is -5.02. The number of esters is 4. The van der Waals surface area contributed by atoms with Crippen molar-refractivity contribution in [1.82, 2.24) is 0 Å². The number of hydrogen-bond acceptors (Lipinski definition) is 15. The molecule has 0 aliphatic carbocycles. The van der Waals surface area contributed by atoms with Crippen LogP contribution >= 0.6 is 15.6 Å². The smallest absolute Gasteiger partial charge is 0.462 e. The van der Waals surface area contributed by atoms with Gasteiger partial charge in [-0.25, -0.2) is 9.13 Å². The van der Waals surface area contributed by atoms with Gasteiger partial charge in [0.05, 0.1) is 32.8 Å². The van der Waals surface area contributed by atoms with E-state index < -0.39 is 97.5 Å². The summed E-state index contributed by atoms with van der Waals surface area (Å²) < 4.78 is 68.2. The summed E-state index contributed by atoms with van der Waals surface area (Å²) in [7, 11) is -10.0. The highest BCUT2D eigenvalue weighted by atomic mass is 31.2. The van der Waals surface area contributed by atoms with Crippen LogP contribution in [0.15, 0.2) is 219 Å². The van der Waals surface area contributed by atoms with Gasteiger partial charge in [0.25, 0.3) is 0 Å². The number of carbonyl (C=O) groups excluding carboxylic acids is 4. The molecule has 0 heterocycles. The highest BCUT2D eigenvalue weighted by Crippen LogP contribution is 2.45. The Morgan fingerprint density at radius 2 is 0.529 bits per heavy atom. The van der Waals surface area contributed by atoms with Gasteiger partial charge in [-0.05, 0) is 161 Å². The van der Waals surface area contributed by atoms with E-state index in [0.717, 1.165) is 141 Å². The summed E-state index contributed by atoms with van der Waals surface area (Å²) in [5.41, 5.74) is 0. The van der Waals surface area contributed by atoms with E-state index in [2.05, 4.69) is 198 Å². The SMILES string of the molecule is CC/C=C\C/C=C\C/C=C\C/C=C\C/C=C\C/C=C\CCC(=O)OCC(COP(=O)(O)OCC(O)COP(=O)(O)OCC(COC(=O)C/C=C\C/C=C\C/C=C\C/C=C\C/C=C\CC)OC(=O)CCCC/C=C\C/C=C\C/C=C\C/C=C\CC)OC(=O)CCCCCCC/C=C\C/C=C\C/C=C\CC. The summed E-state index contributed by atoms with van der Waals surface area (Å²) in [6, 6.07) is 0. The normalized spacial score (nSPS) is 15.1. The van der Waals surface area contributed by atoms with Crippen LogP contribution in [0.5, 0.6) is 0 Å². The molecule has 19 heteroatoms. The number of aliphatic hydroxyl groups excluding tert-OH is 1. The van der Waals surface area contributed by atoms with E-state index in [4.69, 9.17) is 37.0 Å². The molecule has 104 heavy (non-hydrogen) atoms. The van der Waals surface area contributed by atoms with Crippen LogP contribution in [0.25, 0.3) is 0 Å². The third-order valence-corrected chi connectivity index (χ3v) is 16.4. The first-order valence-corrected chi connectivity index (χ1v) is 41.0. The third-order valence-electron chi connectivity index (χ3n) is 14.5. The number of ether oxygens (including phenoxy) is 4. The van der Waals surface area contributed by atoms with Gasteiger partial charge >= 0.3 is 39.5 Å². The van der Waals surface area contributed by atoms with Gasteiger partial charge < -0.3 is 33.8 Å². The second-order valence-electron chi connectivity index (χ2n) is 24.1. The molecule has 0 aromatic carbocycles. The summed E-state index contributed by atoms with van der Waals surface area (Å²) in [5.74, 6) is -2.52. The van der Waals surface area contributed by atoms with Crippen molar-refractivity contribution in [2.45, 2.75) is 251 Å². The fraction of sp³-hybridized carbons (Fsp3) is 0.529. The predicted molar refractivity (Wildman–Crippen MR) is 426 cm³/mol. The van der Waals surface area contributed by atoms with E-state index >= 15 is 0 Å². The Bertz CT molecular complexity index is 2840. The van der Waals surface area contributed by atoms with E-state index in [1.165, 1.54) is 0 Å². The molecule has 0 aliphatic heterocycles. The van der Waals surface area contributed by atoms with Crippen LogP contribution < -0.4 is 0 Å². The lowest BCUT2D eigenvalue weighted by molar-refractivity contribution is -0.161. The average molecular weight is 1490 g/mol. The Hall–Kier alpha value is -6.62. The van der Waals surface area contributed by atoms with E-state index in [9.17, 15) is 43.2 Å². The first-order chi connectivity index (χ1) is 50.7. The van der Waals surface area contributed by atoms with Crippen molar-refractivity contribution < 1.29 is 80.2 Å². The maximum Gasteiger partial charge on any atom is 0.472 e. The molecule has 0 aromatic heterocycles. The molecule has 0 rings (SSSR count). The number of unbranched alkanes of at least 4 members (excludes halogenated alkanes) is 7. The molecule has 5 atom stereocenters. The van der Waals surface area contributed by atoms with Crippen LogP contribution in [0.1, 0.15) is 233 Å². The monoisotopic (exact) mass is 1480 g/mol. The van der Waals surface area contributed by atoms with Crippen molar-refractivity contribution in [3.63, 3.8) is 0 Å². The summed E-state index contributed by atoms with van der Waals surface area (Å²) in [4.78, 5) is 72.8. The second-order valence-corrected chi connectivity index (χ2v) is 27.0. The number of aliphatic hydroxyl groups is 1. The van der Waals surface area contributed by atoms with E-state index in [1.807, 2.05) is 42.5 Å². The number of rotatable bonds is 68. The second kappa shape index (κ2) is 74.6. The van der Waals surface area contributed by atoms with Crippen molar-refractivity contribution in [2.75, 3.05) is 39.6 Å². The van der Waals surface area contributed by atoms with Gasteiger partial charge in [-0.1, -0.05) is 266 Å².